The van der Waals surface area contributed by atoms with Crippen molar-refractivity contribution < 1.29 is 23.0 Å². The summed E-state index contributed by atoms with van der Waals surface area (Å²) in [5, 5.41) is 0.110. The van der Waals surface area contributed by atoms with Gasteiger partial charge in [0.2, 0.25) is 0 Å². The molecule has 26 heavy (non-hydrogen) atoms. The summed E-state index contributed by atoms with van der Waals surface area (Å²) in [5.41, 5.74) is 11.4. The molecule has 2 aromatic carbocycles. The van der Waals surface area contributed by atoms with Gasteiger partial charge in [0.15, 0.2) is 0 Å². The Balaban J connectivity index is 2.09. The molecule has 140 valence electrons. The molecule has 2 unspecified atom stereocenters. The molecular weight excluding hydrogens is 389 g/mol. The van der Waals surface area contributed by atoms with Crippen molar-refractivity contribution in [2.75, 3.05) is 11.5 Å². The molecule has 0 aliphatic rings. The van der Waals surface area contributed by atoms with Crippen molar-refractivity contribution in [1.82, 2.24) is 0 Å². The summed E-state index contributed by atoms with van der Waals surface area (Å²) in [6, 6.07) is 4.61. The summed E-state index contributed by atoms with van der Waals surface area (Å²) >= 11 is 11.9. The minimum absolute atomic E-state index is 0.0550. The number of rotatable bonds is 4. The number of nitrogen functional groups attached to an aromatic ring is 2. The fourth-order valence-corrected chi connectivity index (χ4v) is 2.84. The summed E-state index contributed by atoms with van der Waals surface area (Å²) in [4.78, 5) is 12.0. The van der Waals surface area contributed by atoms with Crippen molar-refractivity contribution in [3.8, 4) is 0 Å². The lowest BCUT2D eigenvalue weighted by Gasteiger charge is -2.19. The van der Waals surface area contributed by atoms with Crippen molar-refractivity contribution in [2.24, 2.45) is 0 Å². The standard InChI is InChI=1S/C17H16Cl2F2N2O3/c1-7(9-3-15(22)13(20)5-11(9)18)25-17(24)26-8(2)10-4-16(23)14(21)6-12(10)19/h3-8H,22-23H2,1-2H3. The second-order valence-corrected chi connectivity index (χ2v) is 6.38. The molecular formula is C17H16Cl2F2N2O3. The van der Waals surface area contributed by atoms with E-state index in [1.165, 1.54) is 26.0 Å². The fraction of sp³-hybridized carbons (Fsp3) is 0.235. The van der Waals surface area contributed by atoms with Gasteiger partial charge in [0.1, 0.15) is 23.8 Å². The van der Waals surface area contributed by atoms with E-state index in [0.717, 1.165) is 12.1 Å². The zero-order valence-electron chi connectivity index (χ0n) is 13.9. The third kappa shape index (κ3) is 4.47. The quantitative estimate of drug-likeness (QED) is 0.525. The van der Waals surface area contributed by atoms with Crippen molar-refractivity contribution in [3.05, 3.63) is 57.1 Å². The molecule has 2 atom stereocenters. The van der Waals surface area contributed by atoms with E-state index in [1.54, 1.807) is 0 Å². The third-order valence-corrected chi connectivity index (χ3v) is 4.31. The number of ether oxygens (including phenoxy) is 2. The molecule has 0 saturated heterocycles. The predicted molar refractivity (Wildman–Crippen MR) is 96.0 cm³/mol. The second kappa shape index (κ2) is 7.97. The lowest BCUT2D eigenvalue weighted by atomic mass is 10.1. The molecule has 0 aliphatic heterocycles. The maximum absolute atomic E-state index is 13.4. The van der Waals surface area contributed by atoms with Crippen LogP contribution in [-0.2, 0) is 9.47 Å². The summed E-state index contributed by atoms with van der Waals surface area (Å²) < 4.78 is 37.0. The van der Waals surface area contributed by atoms with E-state index in [4.69, 9.17) is 44.1 Å². The summed E-state index contributed by atoms with van der Waals surface area (Å²) in [5.74, 6) is -1.35. The molecule has 0 saturated carbocycles. The van der Waals surface area contributed by atoms with E-state index in [2.05, 4.69) is 0 Å². The highest BCUT2D eigenvalue weighted by molar-refractivity contribution is 6.31. The van der Waals surface area contributed by atoms with E-state index in [-0.39, 0.29) is 21.4 Å². The van der Waals surface area contributed by atoms with Gasteiger partial charge in [0, 0.05) is 11.1 Å². The van der Waals surface area contributed by atoms with Gasteiger partial charge in [-0.1, -0.05) is 23.2 Å². The number of carbonyl (C=O) groups excluding carboxylic acids is 1. The summed E-state index contributed by atoms with van der Waals surface area (Å²) in [7, 11) is 0. The van der Waals surface area contributed by atoms with Crippen LogP contribution in [0.3, 0.4) is 0 Å². The Morgan fingerprint density at radius 1 is 0.885 bits per heavy atom. The van der Waals surface area contributed by atoms with Gasteiger partial charge >= 0.3 is 6.16 Å². The van der Waals surface area contributed by atoms with Gasteiger partial charge in [0.25, 0.3) is 0 Å². The van der Waals surface area contributed by atoms with Crippen LogP contribution in [0.15, 0.2) is 24.3 Å². The summed E-state index contributed by atoms with van der Waals surface area (Å²) in [6.07, 6.45) is -2.72. The number of hydrogen-bond acceptors (Lipinski definition) is 5. The van der Waals surface area contributed by atoms with Crippen LogP contribution in [0.1, 0.15) is 37.2 Å². The van der Waals surface area contributed by atoms with Gasteiger partial charge in [-0.15, -0.1) is 0 Å². The molecule has 0 spiro atoms. The van der Waals surface area contributed by atoms with E-state index in [9.17, 15) is 13.6 Å². The molecule has 4 N–H and O–H groups in total. The van der Waals surface area contributed by atoms with E-state index >= 15 is 0 Å². The maximum atomic E-state index is 13.4. The molecule has 0 fully saturated rings. The molecule has 0 aliphatic carbocycles. The minimum atomic E-state index is -1.03. The van der Waals surface area contributed by atoms with Crippen molar-refractivity contribution in [2.45, 2.75) is 26.1 Å². The van der Waals surface area contributed by atoms with E-state index in [0.29, 0.717) is 11.1 Å². The Morgan fingerprint density at radius 3 is 1.58 bits per heavy atom. The van der Waals surface area contributed by atoms with Crippen LogP contribution in [-0.4, -0.2) is 6.16 Å². The highest BCUT2D eigenvalue weighted by Gasteiger charge is 2.21. The molecule has 0 aromatic heterocycles. The normalized spacial score (nSPS) is 13.2. The zero-order valence-corrected chi connectivity index (χ0v) is 15.4. The second-order valence-electron chi connectivity index (χ2n) is 5.56. The number of halogens is 4. The average molecular weight is 405 g/mol. The van der Waals surface area contributed by atoms with Gasteiger partial charge in [-0.25, -0.2) is 13.6 Å². The Morgan fingerprint density at radius 2 is 1.23 bits per heavy atom. The van der Waals surface area contributed by atoms with Crippen molar-refractivity contribution >= 4 is 40.7 Å². The van der Waals surface area contributed by atoms with Crippen LogP contribution < -0.4 is 11.5 Å². The van der Waals surface area contributed by atoms with Gasteiger partial charge in [-0.3, -0.25) is 0 Å². The van der Waals surface area contributed by atoms with E-state index in [1.807, 2.05) is 0 Å². The van der Waals surface area contributed by atoms with Gasteiger partial charge < -0.3 is 20.9 Å². The first kappa shape index (κ1) is 20.1. The number of hydrogen-bond donors (Lipinski definition) is 2. The Bertz CT molecular complexity index is 782. The number of carbonyl (C=O) groups is 1. The zero-order chi connectivity index (χ0) is 19.6. The van der Waals surface area contributed by atoms with Gasteiger partial charge in [-0.05, 0) is 38.1 Å². The Hall–Kier alpha value is -2.25. The SMILES string of the molecule is CC(OC(=O)OC(C)c1cc(N)c(F)cc1Cl)c1cc(N)c(F)cc1Cl. The fourth-order valence-electron chi connectivity index (χ4n) is 2.23. The smallest absolute Gasteiger partial charge is 0.426 e. The average Bonchev–Trinajstić information content (AvgIpc) is 2.53. The highest BCUT2D eigenvalue weighted by atomic mass is 35.5. The molecule has 5 nitrogen and oxygen atoms in total. The maximum Gasteiger partial charge on any atom is 0.509 e. The van der Waals surface area contributed by atoms with Crippen LogP contribution in [0.5, 0.6) is 0 Å². The van der Waals surface area contributed by atoms with Crippen LogP contribution in [0.2, 0.25) is 10.0 Å². The lowest BCUT2D eigenvalue weighted by molar-refractivity contribution is 0.00632. The molecule has 0 bridgehead atoms. The van der Waals surface area contributed by atoms with Crippen LogP contribution in [0.4, 0.5) is 25.0 Å². The number of anilines is 2. The predicted octanol–water partition coefficient (Wildman–Crippen LogP) is 5.41. The first-order valence-corrected chi connectivity index (χ1v) is 8.21. The van der Waals surface area contributed by atoms with Crippen LogP contribution in [0.25, 0.3) is 0 Å². The largest absolute Gasteiger partial charge is 0.509 e. The highest BCUT2D eigenvalue weighted by Crippen LogP contribution is 2.32. The number of nitrogens with two attached hydrogens (primary N) is 2. The third-order valence-electron chi connectivity index (χ3n) is 3.65. The molecule has 0 heterocycles. The minimum Gasteiger partial charge on any atom is -0.426 e. The number of benzene rings is 2. The van der Waals surface area contributed by atoms with Crippen LogP contribution in [0, 0.1) is 11.6 Å². The van der Waals surface area contributed by atoms with Crippen molar-refractivity contribution in [1.29, 1.82) is 0 Å². The summed E-state index contributed by atoms with van der Waals surface area (Å²) in [6.45, 7) is 3.04. The van der Waals surface area contributed by atoms with E-state index < -0.39 is 30.0 Å². The topological polar surface area (TPSA) is 87.6 Å². The van der Waals surface area contributed by atoms with Gasteiger partial charge in [0.05, 0.1) is 21.4 Å². The Labute approximate surface area is 158 Å². The molecule has 9 heteroatoms. The molecule has 2 aromatic rings. The lowest BCUT2D eigenvalue weighted by Crippen LogP contribution is -2.14. The van der Waals surface area contributed by atoms with Gasteiger partial charge in [-0.2, -0.15) is 0 Å². The molecule has 2 rings (SSSR count). The monoisotopic (exact) mass is 404 g/mol. The first-order valence-electron chi connectivity index (χ1n) is 7.46. The van der Waals surface area contributed by atoms with Crippen molar-refractivity contribution in [3.63, 3.8) is 0 Å². The Kier molecular flexibility index (Phi) is 6.15. The first-order chi connectivity index (χ1) is 12.1. The molecule has 0 radical (unpaired) electrons. The van der Waals surface area contributed by atoms with Crippen LogP contribution >= 0.6 is 23.2 Å². The molecule has 0 amide bonds.